The van der Waals surface area contributed by atoms with Crippen molar-refractivity contribution < 1.29 is 19.1 Å². The minimum absolute atomic E-state index is 0.105. The molecule has 1 atom stereocenters. The van der Waals surface area contributed by atoms with Crippen molar-refractivity contribution in [3.63, 3.8) is 0 Å². The maximum Gasteiger partial charge on any atom is 0.256 e. The quantitative estimate of drug-likeness (QED) is 0.451. The van der Waals surface area contributed by atoms with Crippen LogP contribution in [0, 0.1) is 0 Å². The lowest BCUT2D eigenvalue weighted by Gasteiger charge is -2.24. The minimum Gasteiger partial charge on any atom is -0.497 e. The van der Waals surface area contributed by atoms with Crippen LogP contribution in [0.4, 0.5) is 11.5 Å². The Labute approximate surface area is 207 Å². The molecule has 3 aromatic rings. The van der Waals surface area contributed by atoms with Gasteiger partial charge in [0.05, 0.1) is 32.5 Å². The number of hydrogen-bond donors (Lipinski definition) is 1. The van der Waals surface area contributed by atoms with E-state index >= 15 is 0 Å². The van der Waals surface area contributed by atoms with Crippen molar-refractivity contribution in [2.75, 3.05) is 31.0 Å². The molecular formula is C24H24N6O4S. The summed E-state index contributed by atoms with van der Waals surface area (Å²) in [6, 6.07) is 13.6. The van der Waals surface area contributed by atoms with Gasteiger partial charge in [-0.2, -0.15) is 0 Å². The maximum atomic E-state index is 13.4. The molecule has 0 bridgehead atoms. The number of rotatable bonds is 9. The van der Waals surface area contributed by atoms with Crippen LogP contribution in [-0.4, -0.2) is 63.8 Å². The summed E-state index contributed by atoms with van der Waals surface area (Å²) in [6.45, 7) is 0.452. The predicted molar refractivity (Wildman–Crippen MR) is 133 cm³/mol. The predicted octanol–water partition coefficient (Wildman–Crippen LogP) is 2.46. The number of hydrogen-bond acceptors (Lipinski definition) is 8. The summed E-state index contributed by atoms with van der Waals surface area (Å²) < 4.78 is 10.2. The second kappa shape index (κ2) is 10.9. The van der Waals surface area contributed by atoms with E-state index in [1.54, 1.807) is 48.7 Å². The molecule has 3 heterocycles. The number of ether oxygens (including phenoxy) is 2. The second-order valence-corrected chi connectivity index (χ2v) is 8.05. The summed E-state index contributed by atoms with van der Waals surface area (Å²) in [5, 5.41) is 10.8. The molecule has 10 nitrogen and oxygen atoms in total. The van der Waals surface area contributed by atoms with Crippen molar-refractivity contribution >= 4 is 40.6 Å². The second-order valence-electron chi connectivity index (χ2n) is 7.69. The molecule has 180 valence electrons. The highest BCUT2D eigenvalue weighted by molar-refractivity contribution is 7.80. The molecule has 4 rings (SSSR count). The Morgan fingerprint density at radius 2 is 1.89 bits per heavy atom. The lowest BCUT2D eigenvalue weighted by molar-refractivity contribution is -0.124. The minimum atomic E-state index is -0.771. The number of anilines is 2. The van der Waals surface area contributed by atoms with Gasteiger partial charge in [-0.15, -0.1) is 10.2 Å². The third-order valence-electron chi connectivity index (χ3n) is 5.52. The van der Waals surface area contributed by atoms with Crippen molar-refractivity contribution in [3.8, 4) is 11.6 Å². The zero-order valence-corrected chi connectivity index (χ0v) is 20.1. The summed E-state index contributed by atoms with van der Waals surface area (Å²) in [5.74, 6) is 0.690. The van der Waals surface area contributed by atoms with Crippen LogP contribution in [0.1, 0.15) is 12.0 Å². The maximum absolute atomic E-state index is 13.4. The first-order chi connectivity index (χ1) is 17.0. The molecule has 1 aliphatic heterocycles. The van der Waals surface area contributed by atoms with Gasteiger partial charge in [-0.05, 0) is 54.5 Å². The molecule has 1 unspecified atom stereocenters. The fraction of sp³-hybridized carbons (Fsp3) is 0.250. The number of benzene rings is 1. The zero-order valence-electron chi connectivity index (χ0n) is 19.2. The van der Waals surface area contributed by atoms with Gasteiger partial charge >= 0.3 is 0 Å². The highest BCUT2D eigenvalue weighted by Crippen LogP contribution is 2.27. The van der Waals surface area contributed by atoms with Crippen molar-refractivity contribution in [2.24, 2.45) is 0 Å². The smallest absolute Gasteiger partial charge is 0.256 e. The zero-order chi connectivity index (χ0) is 24.8. The van der Waals surface area contributed by atoms with Gasteiger partial charge in [0.15, 0.2) is 10.9 Å². The Morgan fingerprint density at radius 1 is 1.09 bits per heavy atom. The van der Waals surface area contributed by atoms with E-state index in [2.05, 4.69) is 20.5 Å². The number of carbonyl (C=O) groups excluding carboxylic acids is 2. The number of nitrogens with zero attached hydrogens (tertiary/aromatic N) is 5. The largest absolute Gasteiger partial charge is 0.497 e. The van der Waals surface area contributed by atoms with Gasteiger partial charge in [-0.3, -0.25) is 19.5 Å². The van der Waals surface area contributed by atoms with Crippen molar-refractivity contribution in [1.82, 2.24) is 20.1 Å². The molecule has 35 heavy (non-hydrogen) atoms. The monoisotopic (exact) mass is 492 g/mol. The number of nitrogens with one attached hydrogen (secondary N) is 1. The van der Waals surface area contributed by atoms with Gasteiger partial charge in [-0.1, -0.05) is 12.1 Å². The van der Waals surface area contributed by atoms with Crippen LogP contribution in [-0.2, 0) is 16.0 Å². The Balaban J connectivity index is 1.52. The molecule has 1 aliphatic rings. The number of methoxy groups -OCH3 is 2. The van der Waals surface area contributed by atoms with E-state index in [1.165, 1.54) is 12.0 Å². The van der Waals surface area contributed by atoms with Gasteiger partial charge in [0.2, 0.25) is 11.8 Å². The number of pyridine rings is 1. The standard InChI is InChI=1S/C24H24N6O4S/c1-33-18-7-5-16(6-8-18)11-13-29-19(14-21(31)26-20-9-10-22(34-2)28-27-20)23(32)30(24(29)35)17-4-3-12-25-15-17/h3-10,12,15,19H,11,13-14H2,1-2H3,(H,26,27,31). The number of thiocarbonyl (C=S) groups is 1. The van der Waals surface area contributed by atoms with Gasteiger partial charge in [0, 0.05) is 18.8 Å². The highest BCUT2D eigenvalue weighted by Gasteiger charge is 2.44. The summed E-state index contributed by atoms with van der Waals surface area (Å²) in [7, 11) is 3.09. The number of aromatic nitrogens is 3. The first-order valence-electron chi connectivity index (χ1n) is 10.8. The van der Waals surface area contributed by atoms with Crippen LogP contribution in [0.25, 0.3) is 0 Å². The van der Waals surface area contributed by atoms with Crippen LogP contribution < -0.4 is 19.7 Å². The van der Waals surface area contributed by atoms with Crippen molar-refractivity contribution in [1.29, 1.82) is 0 Å². The normalized spacial score (nSPS) is 15.3. The SMILES string of the molecule is COc1ccc(CCN2C(=S)N(c3cccnc3)C(=O)C2CC(=O)Nc2ccc(OC)nn2)cc1. The summed E-state index contributed by atoms with van der Waals surface area (Å²) >= 11 is 5.68. The van der Waals surface area contributed by atoms with E-state index in [-0.39, 0.29) is 24.1 Å². The summed E-state index contributed by atoms with van der Waals surface area (Å²) in [4.78, 5) is 33.6. The van der Waals surface area contributed by atoms with Gasteiger partial charge in [0.1, 0.15) is 11.8 Å². The first kappa shape index (κ1) is 24.0. The summed E-state index contributed by atoms with van der Waals surface area (Å²) in [6.07, 6.45) is 3.71. The topological polar surface area (TPSA) is 110 Å². The lowest BCUT2D eigenvalue weighted by atomic mass is 10.1. The van der Waals surface area contributed by atoms with Crippen molar-refractivity contribution in [3.05, 3.63) is 66.5 Å². The fourth-order valence-corrected chi connectivity index (χ4v) is 4.13. The van der Waals surface area contributed by atoms with Crippen LogP contribution in [0.5, 0.6) is 11.6 Å². The summed E-state index contributed by atoms with van der Waals surface area (Å²) in [5.41, 5.74) is 1.61. The average Bonchev–Trinajstić information content (AvgIpc) is 3.12. The average molecular weight is 493 g/mol. The Bertz CT molecular complexity index is 1190. The Morgan fingerprint density at radius 3 is 2.51 bits per heavy atom. The molecule has 0 radical (unpaired) electrons. The third kappa shape index (κ3) is 5.52. The highest BCUT2D eigenvalue weighted by atomic mass is 32.1. The van der Waals surface area contributed by atoms with Crippen LogP contribution in [0.2, 0.25) is 0 Å². The molecule has 2 amide bonds. The Kier molecular flexibility index (Phi) is 7.46. The van der Waals surface area contributed by atoms with Gasteiger partial charge < -0.3 is 19.7 Å². The Hall–Kier alpha value is -4.12. The van der Waals surface area contributed by atoms with Crippen molar-refractivity contribution in [2.45, 2.75) is 18.9 Å². The van der Waals surface area contributed by atoms with E-state index in [9.17, 15) is 9.59 Å². The molecular weight excluding hydrogens is 468 g/mol. The van der Waals surface area contributed by atoms with Crippen LogP contribution in [0.3, 0.4) is 0 Å². The van der Waals surface area contributed by atoms with E-state index in [1.807, 2.05) is 24.3 Å². The van der Waals surface area contributed by atoms with E-state index in [0.29, 0.717) is 29.6 Å². The van der Waals surface area contributed by atoms with E-state index in [4.69, 9.17) is 21.7 Å². The third-order valence-corrected chi connectivity index (χ3v) is 5.94. The molecule has 1 fully saturated rings. The van der Waals surface area contributed by atoms with E-state index < -0.39 is 6.04 Å². The lowest BCUT2D eigenvalue weighted by Crippen LogP contribution is -2.39. The molecule has 11 heteroatoms. The number of carbonyl (C=O) groups is 2. The van der Waals surface area contributed by atoms with E-state index in [0.717, 1.165) is 11.3 Å². The molecule has 1 N–H and O–H groups in total. The number of amides is 2. The fourth-order valence-electron chi connectivity index (χ4n) is 3.72. The molecule has 1 saturated heterocycles. The molecule has 0 saturated carbocycles. The van der Waals surface area contributed by atoms with Crippen LogP contribution in [0.15, 0.2) is 60.9 Å². The molecule has 1 aromatic carbocycles. The van der Waals surface area contributed by atoms with Crippen LogP contribution >= 0.6 is 12.2 Å². The molecule has 0 aliphatic carbocycles. The molecule has 2 aromatic heterocycles. The first-order valence-corrected chi connectivity index (χ1v) is 11.3. The van der Waals surface area contributed by atoms with Gasteiger partial charge in [0.25, 0.3) is 5.91 Å². The molecule has 0 spiro atoms. The van der Waals surface area contributed by atoms with Gasteiger partial charge in [-0.25, -0.2) is 0 Å².